The van der Waals surface area contributed by atoms with Crippen molar-refractivity contribution in [3.05, 3.63) is 47.8 Å². The van der Waals surface area contributed by atoms with Crippen LogP contribution in [0.1, 0.15) is 11.3 Å². The Bertz CT molecular complexity index is 492. The number of nitrogen functional groups attached to an aromatic ring is 1. The van der Waals surface area contributed by atoms with Gasteiger partial charge in [0, 0.05) is 11.4 Å². The summed E-state index contributed by atoms with van der Waals surface area (Å²) in [7, 11) is 0. The molecule has 3 heteroatoms. The molecule has 0 bridgehead atoms. The van der Waals surface area contributed by atoms with Gasteiger partial charge in [-0.25, -0.2) is 0 Å². The Morgan fingerprint density at radius 3 is 2.44 bits per heavy atom. The largest absolute Gasteiger partial charge is 0.456 e. The molecule has 0 aliphatic rings. The molecule has 1 heterocycles. The summed E-state index contributed by atoms with van der Waals surface area (Å²) in [6.45, 7) is 3.90. The lowest BCUT2D eigenvalue weighted by Gasteiger charge is -2.07. The van der Waals surface area contributed by atoms with Crippen LogP contribution < -0.4 is 10.5 Å². The summed E-state index contributed by atoms with van der Waals surface area (Å²) in [5.74, 6) is 1.51. The Morgan fingerprint density at radius 2 is 1.81 bits per heavy atom. The van der Waals surface area contributed by atoms with Gasteiger partial charge in [-0.1, -0.05) is 0 Å². The van der Waals surface area contributed by atoms with Crippen molar-refractivity contribution < 1.29 is 4.74 Å². The van der Waals surface area contributed by atoms with Gasteiger partial charge >= 0.3 is 0 Å². The number of nitrogens with zero attached hydrogens (tertiary/aromatic N) is 1. The fourth-order valence-corrected chi connectivity index (χ4v) is 1.36. The standard InChI is InChI=1S/C13H14N2O/c1-9-7-11(5-6-13(9)14)16-12-4-3-10(2)15-8-12/h3-8H,14H2,1-2H3. The summed E-state index contributed by atoms with van der Waals surface area (Å²) < 4.78 is 5.65. The summed E-state index contributed by atoms with van der Waals surface area (Å²) in [6.07, 6.45) is 1.71. The van der Waals surface area contributed by atoms with Gasteiger partial charge in [0.2, 0.25) is 0 Å². The first-order valence-electron chi connectivity index (χ1n) is 5.12. The second kappa shape index (κ2) is 4.23. The lowest BCUT2D eigenvalue weighted by atomic mass is 10.2. The van der Waals surface area contributed by atoms with Gasteiger partial charge in [-0.2, -0.15) is 0 Å². The van der Waals surface area contributed by atoms with Crippen molar-refractivity contribution in [1.29, 1.82) is 0 Å². The van der Waals surface area contributed by atoms with Crippen LogP contribution in [-0.4, -0.2) is 4.98 Å². The van der Waals surface area contributed by atoms with Gasteiger partial charge in [0.15, 0.2) is 0 Å². The van der Waals surface area contributed by atoms with E-state index in [4.69, 9.17) is 10.5 Å². The zero-order valence-electron chi connectivity index (χ0n) is 9.40. The van der Waals surface area contributed by atoms with Crippen LogP contribution in [0.2, 0.25) is 0 Å². The highest BCUT2D eigenvalue weighted by Gasteiger charge is 1.99. The van der Waals surface area contributed by atoms with E-state index in [9.17, 15) is 0 Å². The van der Waals surface area contributed by atoms with Crippen LogP contribution in [0.15, 0.2) is 36.5 Å². The maximum absolute atomic E-state index is 5.73. The lowest BCUT2D eigenvalue weighted by Crippen LogP contribution is -1.91. The maximum atomic E-state index is 5.73. The molecule has 1 aromatic carbocycles. The third-order valence-corrected chi connectivity index (χ3v) is 2.36. The van der Waals surface area contributed by atoms with Gasteiger partial charge in [-0.3, -0.25) is 4.98 Å². The van der Waals surface area contributed by atoms with Gasteiger partial charge in [0.1, 0.15) is 11.5 Å². The zero-order valence-corrected chi connectivity index (χ0v) is 9.40. The molecule has 3 nitrogen and oxygen atoms in total. The van der Waals surface area contributed by atoms with E-state index in [0.29, 0.717) is 0 Å². The van der Waals surface area contributed by atoms with E-state index in [0.717, 1.165) is 28.4 Å². The Balaban J connectivity index is 2.20. The molecule has 0 aliphatic carbocycles. The molecule has 0 amide bonds. The molecule has 0 spiro atoms. The summed E-state index contributed by atoms with van der Waals surface area (Å²) in [5, 5.41) is 0. The summed E-state index contributed by atoms with van der Waals surface area (Å²) in [5.41, 5.74) is 8.49. The minimum atomic E-state index is 0.731. The average Bonchev–Trinajstić information content (AvgIpc) is 2.27. The van der Waals surface area contributed by atoms with Gasteiger partial charge < -0.3 is 10.5 Å². The van der Waals surface area contributed by atoms with Crippen LogP contribution in [-0.2, 0) is 0 Å². The van der Waals surface area contributed by atoms with Crippen LogP contribution in [0.4, 0.5) is 5.69 Å². The molecule has 0 saturated heterocycles. The van der Waals surface area contributed by atoms with Crippen molar-refractivity contribution in [1.82, 2.24) is 4.98 Å². The Hall–Kier alpha value is -2.03. The van der Waals surface area contributed by atoms with Crippen LogP contribution in [0.25, 0.3) is 0 Å². The van der Waals surface area contributed by atoms with Crippen LogP contribution in [0, 0.1) is 13.8 Å². The molecule has 16 heavy (non-hydrogen) atoms. The fraction of sp³-hybridized carbons (Fsp3) is 0.154. The highest BCUT2D eigenvalue weighted by atomic mass is 16.5. The third-order valence-electron chi connectivity index (χ3n) is 2.36. The Kier molecular flexibility index (Phi) is 2.77. The maximum Gasteiger partial charge on any atom is 0.145 e. The smallest absolute Gasteiger partial charge is 0.145 e. The van der Waals surface area contributed by atoms with Crippen molar-refractivity contribution in [2.24, 2.45) is 0 Å². The minimum absolute atomic E-state index is 0.731. The number of anilines is 1. The number of pyridine rings is 1. The highest BCUT2D eigenvalue weighted by molar-refractivity contribution is 5.50. The highest BCUT2D eigenvalue weighted by Crippen LogP contribution is 2.24. The molecule has 2 rings (SSSR count). The molecule has 0 saturated carbocycles. The molecule has 0 radical (unpaired) electrons. The van der Waals surface area contributed by atoms with Gasteiger partial charge in [-0.15, -0.1) is 0 Å². The number of ether oxygens (including phenoxy) is 1. The first-order chi connectivity index (χ1) is 7.65. The van der Waals surface area contributed by atoms with Crippen molar-refractivity contribution in [2.45, 2.75) is 13.8 Å². The number of hydrogen-bond donors (Lipinski definition) is 1. The molecule has 2 N–H and O–H groups in total. The number of nitrogens with two attached hydrogens (primary N) is 1. The first-order valence-corrected chi connectivity index (χ1v) is 5.12. The molecule has 0 fully saturated rings. The number of aromatic nitrogens is 1. The Labute approximate surface area is 94.9 Å². The van der Waals surface area contributed by atoms with E-state index >= 15 is 0 Å². The molecular weight excluding hydrogens is 200 g/mol. The number of benzene rings is 1. The molecule has 2 aromatic rings. The minimum Gasteiger partial charge on any atom is -0.456 e. The van der Waals surface area contributed by atoms with Crippen molar-refractivity contribution in [2.75, 3.05) is 5.73 Å². The predicted octanol–water partition coefficient (Wildman–Crippen LogP) is 3.07. The molecule has 0 aliphatic heterocycles. The van der Waals surface area contributed by atoms with Crippen molar-refractivity contribution >= 4 is 5.69 Å². The van der Waals surface area contributed by atoms with E-state index in [1.54, 1.807) is 6.20 Å². The van der Waals surface area contributed by atoms with Gasteiger partial charge in [0.05, 0.1) is 6.20 Å². The quantitative estimate of drug-likeness (QED) is 0.781. The summed E-state index contributed by atoms with van der Waals surface area (Å²) >= 11 is 0. The second-order valence-corrected chi connectivity index (χ2v) is 3.76. The Morgan fingerprint density at radius 1 is 1.06 bits per heavy atom. The predicted molar refractivity (Wildman–Crippen MR) is 64.6 cm³/mol. The molecule has 0 atom stereocenters. The van der Waals surface area contributed by atoms with E-state index in [-0.39, 0.29) is 0 Å². The van der Waals surface area contributed by atoms with Crippen molar-refractivity contribution in [3.8, 4) is 11.5 Å². The molecular formula is C13H14N2O. The summed E-state index contributed by atoms with van der Waals surface area (Å²) in [6, 6.07) is 9.41. The third kappa shape index (κ3) is 2.31. The molecule has 82 valence electrons. The monoisotopic (exact) mass is 214 g/mol. The topological polar surface area (TPSA) is 48.1 Å². The van der Waals surface area contributed by atoms with Crippen LogP contribution in [0.3, 0.4) is 0 Å². The van der Waals surface area contributed by atoms with E-state index in [2.05, 4.69) is 4.98 Å². The second-order valence-electron chi connectivity index (χ2n) is 3.76. The summed E-state index contributed by atoms with van der Waals surface area (Å²) in [4.78, 5) is 4.17. The van der Waals surface area contributed by atoms with Gasteiger partial charge in [-0.05, 0) is 49.7 Å². The van der Waals surface area contributed by atoms with E-state index < -0.39 is 0 Å². The lowest BCUT2D eigenvalue weighted by molar-refractivity contribution is 0.479. The number of hydrogen-bond acceptors (Lipinski definition) is 3. The fourth-order valence-electron chi connectivity index (χ4n) is 1.36. The first kappa shape index (κ1) is 10.5. The molecule has 1 aromatic heterocycles. The van der Waals surface area contributed by atoms with Gasteiger partial charge in [0.25, 0.3) is 0 Å². The van der Waals surface area contributed by atoms with Crippen LogP contribution in [0.5, 0.6) is 11.5 Å². The number of aryl methyl sites for hydroxylation is 2. The SMILES string of the molecule is Cc1ccc(Oc2ccc(N)c(C)c2)cn1. The van der Waals surface area contributed by atoms with E-state index in [1.807, 2.05) is 44.2 Å². The van der Waals surface area contributed by atoms with Crippen LogP contribution >= 0.6 is 0 Å². The van der Waals surface area contributed by atoms with E-state index in [1.165, 1.54) is 0 Å². The normalized spacial score (nSPS) is 10.1. The van der Waals surface area contributed by atoms with Crippen molar-refractivity contribution in [3.63, 3.8) is 0 Å². The number of rotatable bonds is 2. The molecule has 0 unspecified atom stereocenters. The average molecular weight is 214 g/mol. The zero-order chi connectivity index (χ0) is 11.5.